The molecule has 0 aromatic heterocycles. The van der Waals surface area contributed by atoms with Crippen molar-refractivity contribution in [2.24, 2.45) is 0 Å². The summed E-state index contributed by atoms with van der Waals surface area (Å²) < 4.78 is 0. The number of nitrogens with zero attached hydrogens (tertiary/aromatic N) is 2. The van der Waals surface area contributed by atoms with Crippen LogP contribution in [0.2, 0.25) is 0 Å². The van der Waals surface area contributed by atoms with Gasteiger partial charge in [0.05, 0.1) is 0 Å². The molecule has 3 heteroatoms. The van der Waals surface area contributed by atoms with E-state index in [4.69, 9.17) is 0 Å². The van der Waals surface area contributed by atoms with Crippen LogP contribution in [0.1, 0.15) is 41.5 Å². The number of carbonyl (C=O) groups is 1. The van der Waals surface area contributed by atoms with Crippen LogP contribution in [0.4, 0.5) is 4.79 Å². The maximum absolute atomic E-state index is 12.0. The van der Waals surface area contributed by atoms with Crippen molar-refractivity contribution in [2.45, 2.75) is 53.6 Å². The van der Waals surface area contributed by atoms with E-state index in [0.717, 1.165) is 13.1 Å². The van der Waals surface area contributed by atoms with E-state index in [1.807, 2.05) is 23.6 Å². The number of carbonyl (C=O) groups excluding carboxylic acids is 1. The van der Waals surface area contributed by atoms with Gasteiger partial charge in [-0.1, -0.05) is 0 Å². The summed E-state index contributed by atoms with van der Waals surface area (Å²) in [7, 11) is 0. The molecule has 3 nitrogen and oxygen atoms in total. The average Bonchev–Trinajstić information content (AvgIpc) is 2.04. The van der Waals surface area contributed by atoms with Crippen molar-refractivity contribution in [1.29, 1.82) is 0 Å². The van der Waals surface area contributed by atoms with Gasteiger partial charge in [0.25, 0.3) is 0 Å². The smallest absolute Gasteiger partial charge is 0.320 e. The van der Waals surface area contributed by atoms with Crippen molar-refractivity contribution in [3.05, 3.63) is 0 Å². The fourth-order valence-electron chi connectivity index (χ4n) is 1.70. The van der Waals surface area contributed by atoms with Gasteiger partial charge in [0, 0.05) is 25.2 Å². The molecular formula is C11H24N2O. The second-order valence-corrected chi connectivity index (χ2v) is 4.05. The molecule has 0 aromatic carbocycles. The lowest BCUT2D eigenvalue weighted by Gasteiger charge is -2.35. The van der Waals surface area contributed by atoms with Gasteiger partial charge in [-0.3, -0.25) is 0 Å². The average molecular weight is 200 g/mol. The fraction of sp³-hybridized carbons (Fsp3) is 0.909. The zero-order valence-corrected chi connectivity index (χ0v) is 10.4. The number of rotatable bonds is 4. The largest absolute Gasteiger partial charge is 0.325 e. The van der Waals surface area contributed by atoms with E-state index in [2.05, 4.69) is 27.7 Å². The Morgan fingerprint density at radius 3 is 1.57 bits per heavy atom. The van der Waals surface area contributed by atoms with Crippen LogP contribution in [0.5, 0.6) is 0 Å². The minimum Gasteiger partial charge on any atom is -0.325 e. The lowest BCUT2D eigenvalue weighted by atomic mass is 10.2. The fourth-order valence-corrected chi connectivity index (χ4v) is 1.70. The Bertz CT molecular complexity index is 166. The molecule has 0 atom stereocenters. The molecule has 0 spiro atoms. The van der Waals surface area contributed by atoms with E-state index in [0.29, 0.717) is 0 Å². The Morgan fingerprint density at radius 1 is 1.00 bits per heavy atom. The number of amides is 2. The predicted octanol–water partition coefficient (Wildman–Crippen LogP) is 2.57. The summed E-state index contributed by atoms with van der Waals surface area (Å²) in [5, 5.41) is 0. The first kappa shape index (κ1) is 13.3. The van der Waals surface area contributed by atoms with Crippen molar-refractivity contribution in [1.82, 2.24) is 9.80 Å². The molecule has 0 N–H and O–H groups in total. The molecule has 2 amide bonds. The molecule has 0 saturated heterocycles. The van der Waals surface area contributed by atoms with E-state index >= 15 is 0 Å². The summed E-state index contributed by atoms with van der Waals surface area (Å²) >= 11 is 0. The lowest BCUT2D eigenvalue weighted by molar-refractivity contribution is 0.128. The normalized spacial score (nSPS) is 10.9. The summed E-state index contributed by atoms with van der Waals surface area (Å²) in [4.78, 5) is 15.8. The van der Waals surface area contributed by atoms with Gasteiger partial charge < -0.3 is 9.80 Å². The molecular weight excluding hydrogens is 176 g/mol. The molecule has 0 radical (unpaired) electrons. The quantitative estimate of drug-likeness (QED) is 0.684. The molecule has 0 aliphatic rings. The minimum absolute atomic E-state index is 0.153. The third-order valence-corrected chi connectivity index (χ3v) is 2.37. The van der Waals surface area contributed by atoms with Gasteiger partial charge >= 0.3 is 6.03 Å². The molecule has 0 heterocycles. The van der Waals surface area contributed by atoms with Gasteiger partial charge in [-0.2, -0.15) is 0 Å². The Labute approximate surface area is 88.1 Å². The van der Waals surface area contributed by atoms with E-state index in [1.54, 1.807) is 0 Å². The molecule has 0 bridgehead atoms. The Morgan fingerprint density at radius 2 is 1.36 bits per heavy atom. The highest BCUT2D eigenvalue weighted by molar-refractivity contribution is 5.75. The van der Waals surface area contributed by atoms with Crippen LogP contribution >= 0.6 is 0 Å². The standard InChI is InChI=1S/C11H24N2O/c1-7-12(8-2)11(14)13(9(3)4)10(5)6/h9-10H,7-8H2,1-6H3. The molecule has 0 unspecified atom stereocenters. The van der Waals surface area contributed by atoms with Crippen LogP contribution in [0, 0.1) is 0 Å². The zero-order chi connectivity index (χ0) is 11.3. The molecule has 0 fully saturated rings. The van der Waals surface area contributed by atoms with Crippen molar-refractivity contribution in [2.75, 3.05) is 13.1 Å². The van der Waals surface area contributed by atoms with Crippen LogP contribution in [0.3, 0.4) is 0 Å². The Kier molecular flexibility index (Phi) is 5.58. The van der Waals surface area contributed by atoms with Gasteiger partial charge in [0.1, 0.15) is 0 Å². The van der Waals surface area contributed by atoms with Crippen LogP contribution in [-0.2, 0) is 0 Å². The van der Waals surface area contributed by atoms with E-state index in [9.17, 15) is 4.79 Å². The van der Waals surface area contributed by atoms with Crippen molar-refractivity contribution >= 4 is 6.03 Å². The van der Waals surface area contributed by atoms with Crippen molar-refractivity contribution < 1.29 is 4.79 Å². The Balaban J connectivity index is 4.58. The highest BCUT2D eigenvalue weighted by Crippen LogP contribution is 2.09. The summed E-state index contributed by atoms with van der Waals surface area (Å²) in [6, 6.07) is 0.686. The first-order valence-corrected chi connectivity index (χ1v) is 5.52. The molecule has 0 saturated carbocycles. The first-order valence-electron chi connectivity index (χ1n) is 5.52. The highest BCUT2D eigenvalue weighted by atomic mass is 16.2. The van der Waals surface area contributed by atoms with Gasteiger partial charge in [-0.25, -0.2) is 4.79 Å². The van der Waals surface area contributed by atoms with Crippen LogP contribution in [-0.4, -0.2) is 41.0 Å². The van der Waals surface area contributed by atoms with Gasteiger partial charge in [-0.15, -0.1) is 0 Å². The van der Waals surface area contributed by atoms with Gasteiger partial charge in [-0.05, 0) is 41.5 Å². The summed E-state index contributed by atoms with van der Waals surface area (Å²) in [5.41, 5.74) is 0. The van der Waals surface area contributed by atoms with Crippen LogP contribution in [0.15, 0.2) is 0 Å². The van der Waals surface area contributed by atoms with Crippen LogP contribution in [0.25, 0.3) is 0 Å². The molecule has 0 aromatic rings. The zero-order valence-electron chi connectivity index (χ0n) is 10.4. The summed E-state index contributed by atoms with van der Waals surface area (Å²) in [6.45, 7) is 13.8. The minimum atomic E-state index is 0.153. The van der Waals surface area contributed by atoms with E-state index in [-0.39, 0.29) is 18.1 Å². The third kappa shape index (κ3) is 3.20. The van der Waals surface area contributed by atoms with Crippen molar-refractivity contribution in [3.8, 4) is 0 Å². The topological polar surface area (TPSA) is 23.6 Å². The van der Waals surface area contributed by atoms with E-state index in [1.165, 1.54) is 0 Å². The number of urea groups is 1. The van der Waals surface area contributed by atoms with Gasteiger partial charge in [0.2, 0.25) is 0 Å². The maximum Gasteiger partial charge on any atom is 0.320 e. The molecule has 14 heavy (non-hydrogen) atoms. The van der Waals surface area contributed by atoms with Gasteiger partial charge in [0.15, 0.2) is 0 Å². The molecule has 0 rings (SSSR count). The molecule has 0 aliphatic carbocycles. The predicted molar refractivity (Wildman–Crippen MR) is 60.4 cm³/mol. The third-order valence-electron chi connectivity index (χ3n) is 2.37. The molecule has 84 valence electrons. The first-order chi connectivity index (χ1) is 6.45. The van der Waals surface area contributed by atoms with Crippen LogP contribution < -0.4 is 0 Å². The second-order valence-electron chi connectivity index (χ2n) is 4.05. The van der Waals surface area contributed by atoms with E-state index < -0.39 is 0 Å². The SMILES string of the molecule is CCN(CC)C(=O)N(C(C)C)C(C)C. The molecule has 0 aliphatic heterocycles. The maximum atomic E-state index is 12.0. The summed E-state index contributed by atoms with van der Waals surface area (Å²) in [6.07, 6.45) is 0. The summed E-state index contributed by atoms with van der Waals surface area (Å²) in [5.74, 6) is 0. The second kappa shape index (κ2) is 5.89. The highest BCUT2D eigenvalue weighted by Gasteiger charge is 2.23. The lowest BCUT2D eigenvalue weighted by Crippen LogP contribution is -2.49. The number of hydrogen-bond acceptors (Lipinski definition) is 1. The monoisotopic (exact) mass is 200 g/mol. The number of hydrogen-bond donors (Lipinski definition) is 0. The Hall–Kier alpha value is -0.730. The van der Waals surface area contributed by atoms with Crippen molar-refractivity contribution in [3.63, 3.8) is 0 Å².